The number of H-pyrrole nitrogens is 2. The second-order valence-electron chi connectivity index (χ2n) is 5.27. The van der Waals surface area contributed by atoms with Crippen molar-refractivity contribution in [1.82, 2.24) is 19.9 Å². The Morgan fingerprint density at radius 2 is 1.90 bits per heavy atom. The van der Waals surface area contributed by atoms with E-state index in [1.54, 1.807) is 0 Å². The molecule has 1 aromatic carbocycles. The topological polar surface area (TPSA) is 57.4 Å². The molecule has 100 valence electrons. The van der Waals surface area contributed by atoms with Gasteiger partial charge < -0.3 is 9.97 Å². The van der Waals surface area contributed by atoms with Crippen LogP contribution in [0.2, 0.25) is 0 Å². The zero-order valence-corrected chi connectivity index (χ0v) is 11.7. The summed E-state index contributed by atoms with van der Waals surface area (Å²) in [5.41, 5.74) is 3.26. The Morgan fingerprint density at radius 1 is 1.10 bits per heavy atom. The Kier molecular flexibility index (Phi) is 2.67. The predicted octanol–water partition coefficient (Wildman–Crippen LogP) is 3.48. The summed E-state index contributed by atoms with van der Waals surface area (Å²) < 4.78 is 0.664. The number of fused-ring (bicyclic) bond motifs is 1. The normalized spacial score (nSPS) is 14.8. The molecule has 0 unspecified atom stereocenters. The number of nitrogens with zero attached hydrogens (tertiary/aromatic N) is 2. The van der Waals surface area contributed by atoms with Gasteiger partial charge in [0, 0.05) is 5.69 Å². The minimum Gasteiger partial charge on any atom is -0.346 e. The highest BCUT2D eigenvalue weighted by Gasteiger charge is 2.24. The summed E-state index contributed by atoms with van der Waals surface area (Å²) >= 11 is 5.25. The Labute approximate surface area is 121 Å². The predicted molar refractivity (Wildman–Crippen MR) is 80.3 cm³/mol. The number of aromatic amines is 2. The molecule has 2 N–H and O–H groups in total. The first-order valence-corrected chi connectivity index (χ1v) is 7.22. The second kappa shape index (κ2) is 4.52. The molecule has 0 atom stereocenters. The van der Waals surface area contributed by atoms with Crippen molar-refractivity contribution in [2.24, 2.45) is 0 Å². The number of hydrogen-bond acceptors (Lipinski definition) is 3. The zero-order chi connectivity index (χ0) is 13.5. The lowest BCUT2D eigenvalue weighted by Crippen LogP contribution is -2.01. The van der Waals surface area contributed by atoms with Crippen molar-refractivity contribution < 1.29 is 0 Å². The SMILES string of the molecule is S=c1cc(C2CC2)[nH]c(Cc2nc3ccccc3[nH]2)n1. The van der Waals surface area contributed by atoms with E-state index >= 15 is 0 Å². The van der Waals surface area contributed by atoms with Crippen LogP contribution >= 0.6 is 12.2 Å². The molecule has 1 aliphatic rings. The number of imidazole rings is 1. The van der Waals surface area contributed by atoms with Gasteiger partial charge in [-0.15, -0.1) is 0 Å². The second-order valence-corrected chi connectivity index (χ2v) is 5.69. The van der Waals surface area contributed by atoms with E-state index in [1.807, 2.05) is 30.3 Å². The Morgan fingerprint density at radius 3 is 2.70 bits per heavy atom. The fourth-order valence-electron chi connectivity index (χ4n) is 2.47. The summed E-state index contributed by atoms with van der Waals surface area (Å²) in [6, 6.07) is 10.0. The molecular weight excluding hydrogens is 268 g/mol. The zero-order valence-electron chi connectivity index (χ0n) is 10.9. The van der Waals surface area contributed by atoms with Crippen molar-refractivity contribution in [3.8, 4) is 0 Å². The quantitative estimate of drug-likeness (QED) is 0.723. The van der Waals surface area contributed by atoms with Crippen molar-refractivity contribution in [2.45, 2.75) is 25.2 Å². The molecule has 0 spiro atoms. The van der Waals surface area contributed by atoms with Gasteiger partial charge in [-0.2, -0.15) is 0 Å². The van der Waals surface area contributed by atoms with Crippen LogP contribution in [0.25, 0.3) is 11.0 Å². The average molecular weight is 282 g/mol. The lowest BCUT2D eigenvalue weighted by molar-refractivity contribution is 0.867. The largest absolute Gasteiger partial charge is 0.346 e. The van der Waals surface area contributed by atoms with Crippen LogP contribution in [0.1, 0.15) is 36.1 Å². The van der Waals surface area contributed by atoms with Gasteiger partial charge >= 0.3 is 0 Å². The van der Waals surface area contributed by atoms with E-state index in [1.165, 1.54) is 18.5 Å². The maximum atomic E-state index is 5.25. The molecule has 20 heavy (non-hydrogen) atoms. The molecule has 2 aromatic heterocycles. The third kappa shape index (κ3) is 2.25. The van der Waals surface area contributed by atoms with Gasteiger partial charge in [-0.25, -0.2) is 9.97 Å². The van der Waals surface area contributed by atoms with Crippen LogP contribution in [-0.2, 0) is 6.42 Å². The van der Waals surface area contributed by atoms with Crippen molar-refractivity contribution >= 4 is 23.3 Å². The van der Waals surface area contributed by atoms with Gasteiger partial charge in [0.1, 0.15) is 16.3 Å². The lowest BCUT2D eigenvalue weighted by Gasteiger charge is -2.03. The Hall–Kier alpha value is -2.01. The van der Waals surface area contributed by atoms with Gasteiger partial charge in [-0.05, 0) is 37.0 Å². The first-order chi connectivity index (χ1) is 9.78. The molecule has 0 bridgehead atoms. The summed E-state index contributed by atoms with van der Waals surface area (Å²) in [6.07, 6.45) is 3.15. The summed E-state index contributed by atoms with van der Waals surface area (Å²) in [7, 11) is 0. The molecule has 5 heteroatoms. The molecular formula is C15H14N4S. The average Bonchev–Trinajstić information content (AvgIpc) is 3.19. The van der Waals surface area contributed by atoms with Gasteiger partial charge in [0.15, 0.2) is 0 Å². The molecule has 1 saturated carbocycles. The Bertz CT molecular complexity index is 796. The maximum Gasteiger partial charge on any atom is 0.130 e. The third-order valence-electron chi connectivity index (χ3n) is 3.60. The van der Waals surface area contributed by atoms with E-state index in [-0.39, 0.29) is 0 Å². The molecule has 1 aliphatic carbocycles. The minimum atomic E-state index is 0.647. The van der Waals surface area contributed by atoms with E-state index < -0.39 is 0 Å². The van der Waals surface area contributed by atoms with Crippen LogP contribution < -0.4 is 0 Å². The first kappa shape index (κ1) is 11.8. The highest BCUT2D eigenvalue weighted by molar-refractivity contribution is 7.71. The number of benzene rings is 1. The minimum absolute atomic E-state index is 0.647. The van der Waals surface area contributed by atoms with E-state index in [4.69, 9.17) is 12.2 Å². The van der Waals surface area contributed by atoms with E-state index in [0.717, 1.165) is 22.7 Å². The fraction of sp³-hybridized carbons (Fsp3) is 0.267. The van der Waals surface area contributed by atoms with Crippen molar-refractivity contribution in [2.75, 3.05) is 0 Å². The van der Waals surface area contributed by atoms with Crippen LogP contribution in [0.15, 0.2) is 30.3 Å². The number of hydrogen-bond donors (Lipinski definition) is 2. The summed E-state index contributed by atoms with van der Waals surface area (Å²) in [4.78, 5) is 15.7. The monoisotopic (exact) mass is 282 g/mol. The molecule has 1 fully saturated rings. The Balaban J connectivity index is 1.69. The maximum absolute atomic E-state index is 5.25. The molecule has 0 radical (unpaired) electrons. The lowest BCUT2D eigenvalue weighted by atomic mass is 10.2. The number of para-hydroxylation sites is 2. The number of rotatable bonds is 3. The first-order valence-electron chi connectivity index (χ1n) is 6.82. The molecule has 0 aliphatic heterocycles. The van der Waals surface area contributed by atoms with Crippen LogP contribution in [0, 0.1) is 4.64 Å². The molecule has 0 saturated heterocycles. The molecule has 4 nitrogen and oxygen atoms in total. The van der Waals surface area contributed by atoms with Gasteiger partial charge in [0.2, 0.25) is 0 Å². The van der Waals surface area contributed by atoms with E-state index in [9.17, 15) is 0 Å². The van der Waals surface area contributed by atoms with E-state index in [0.29, 0.717) is 17.0 Å². The summed E-state index contributed by atoms with van der Waals surface area (Å²) in [6.45, 7) is 0. The molecule has 2 heterocycles. The van der Waals surface area contributed by atoms with Gasteiger partial charge in [0.25, 0.3) is 0 Å². The van der Waals surface area contributed by atoms with Crippen LogP contribution in [-0.4, -0.2) is 19.9 Å². The van der Waals surface area contributed by atoms with Crippen LogP contribution in [0.5, 0.6) is 0 Å². The van der Waals surface area contributed by atoms with Gasteiger partial charge in [-0.3, -0.25) is 0 Å². The summed E-state index contributed by atoms with van der Waals surface area (Å²) in [5, 5.41) is 0. The molecule has 3 aromatic rings. The fourth-order valence-corrected chi connectivity index (χ4v) is 2.71. The molecule has 0 amide bonds. The number of aromatic nitrogens is 4. The smallest absolute Gasteiger partial charge is 0.130 e. The highest BCUT2D eigenvalue weighted by atomic mass is 32.1. The van der Waals surface area contributed by atoms with Crippen molar-refractivity contribution in [1.29, 1.82) is 0 Å². The number of nitrogens with one attached hydrogen (secondary N) is 2. The van der Waals surface area contributed by atoms with Gasteiger partial charge in [0.05, 0.1) is 17.5 Å². The van der Waals surface area contributed by atoms with Crippen molar-refractivity contribution in [3.63, 3.8) is 0 Å². The standard InChI is InChI=1S/C15H14N4S/c20-15-7-12(9-5-6-9)18-14(19-15)8-13-16-10-3-1-2-4-11(10)17-13/h1-4,7,9H,5-6,8H2,(H,16,17)(H,18,19,20). The van der Waals surface area contributed by atoms with Crippen molar-refractivity contribution in [3.05, 3.63) is 52.3 Å². The van der Waals surface area contributed by atoms with Gasteiger partial charge in [-0.1, -0.05) is 24.4 Å². The highest BCUT2D eigenvalue weighted by Crippen LogP contribution is 2.38. The molecule has 4 rings (SSSR count). The van der Waals surface area contributed by atoms with Crippen LogP contribution in [0.4, 0.5) is 0 Å². The third-order valence-corrected chi connectivity index (χ3v) is 3.81. The van der Waals surface area contributed by atoms with E-state index in [2.05, 4.69) is 19.9 Å². The van der Waals surface area contributed by atoms with Crippen LogP contribution in [0.3, 0.4) is 0 Å². The summed E-state index contributed by atoms with van der Waals surface area (Å²) in [5.74, 6) is 2.45.